The number of halogens is 1. The quantitative estimate of drug-likeness (QED) is 0.757. The molecule has 1 aromatic carbocycles. The molecular weight excluding hydrogens is 294 g/mol. The number of carbonyl (C=O) groups is 2. The van der Waals surface area contributed by atoms with E-state index in [-0.39, 0.29) is 11.6 Å². The molecule has 7 heteroatoms. The van der Waals surface area contributed by atoms with E-state index in [0.717, 1.165) is 0 Å². The Kier molecular flexibility index (Phi) is 4.73. The number of hydrogen-bond acceptors (Lipinski definition) is 3. The highest BCUT2D eigenvalue weighted by Gasteiger charge is 2.04. The number of aliphatic carboxylic acids is 1. The fourth-order valence-electron chi connectivity index (χ4n) is 1.65. The minimum Gasteiger partial charge on any atom is -0.481 e. The Morgan fingerprint density at radius 1 is 1.10 bits per heavy atom. The number of pyridine rings is 1. The van der Waals surface area contributed by atoms with Gasteiger partial charge in [-0.25, -0.2) is 9.78 Å². The summed E-state index contributed by atoms with van der Waals surface area (Å²) < 4.78 is 0. The van der Waals surface area contributed by atoms with Gasteiger partial charge in [-0.15, -0.1) is 0 Å². The summed E-state index contributed by atoms with van der Waals surface area (Å²) >= 11 is 5.72. The zero-order valence-electron chi connectivity index (χ0n) is 10.8. The molecule has 2 rings (SSSR count). The molecule has 0 atom stereocenters. The van der Waals surface area contributed by atoms with Crippen molar-refractivity contribution in [3.63, 3.8) is 0 Å². The van der Waals surface area contributed by atoms with Gasteiger partial charge < -0.3 is 15.7 Å². The van der Waals surface area contributed by atoms with E-state index in [1.807, 2.05) is 0 Å². The fourth-order valence-corrected chi connectivity index (χ4v) is 1.83. The molecule has 0 unspecified atom stereocenters. The van der Waals surface area contributed by atoms with Gasteiger partial charge in [-0.1, -0.05) is 23.7 Å². The second kappa shape index (κ2) is 6.71. The van der Waals surface area contributed by atoms with Crippen LogP contribution in [0.1, 0.15) is 5.56 Å². The minimum absolute atomic E-state index is 0.0536. The maximum Gasteiger partial charge on any atom is 0.323 e. The number of aromatic nitrogens is 1. The number of benzene rings is 1. The molecule has 6 nitrogen and oxygen atoms in total. The molecule has 1 aromatic heterocycles. The van der Waals surface area contributed by atoms with Crippen LogP contribution in [0.2, 0.25) is 5.15 Å². The summed E-state index contributed by atoms with van der Waals surface area (Å²) in [5.41, 5.74) is 1.74. The largest absolute Gasteiger partial charge is 0.481 e. The van der Waals surface area contributed by atoms with E-state index in [9.17, 15) is 9.59 Å². The molecule has 1 heterocycles. The predicted octanol–water partition coefficient (Wildman–Crippen LogP) is 3.01. The van der Waals surface area contributed by atoms with Crippen molar-refractivity contribution in [1.29, 1.82) is 0 Å². The first-order valence-electron chi connectivity index (χ1n) is 6.03. The maximum atomic E-state index is 11.8. The molecule has 0 aliphatic heterocycles. The highest BCUT2D eigenvalue weighted by molar-refractivity contribution is 6.29. The van der Waals surface area contributed by atoms with Crippen molar-refractivity contribution in [2.45, 2.75) is 6.42 Å². The molecular formula is C14H12ClN3O3. The molecule has 0 saturated heterocycles. The highest BCUT2D eigenvalue weighted by Crippen LogP contribution is 2.14. The van der Waals surface area contributed by atoms with Crippen LogP contribution in [0.4, 0.5) is 16.2 Å². The predicted molar refractivity (Wildman–Crippen MR) is 79.7 cm³/mol. The van der Waals surface area contributed by atoms with Gasteiger partial charge in [0.05, 0.1) is 6.42 Å². The summed E-state index contributed by atoms with van der Waals surface area (Å²) in [4.78, 5) is 26.2. The van der Waals surface area contributed by atoms with E-state index >= 15 is 0 Å². The van der Waals surface area contributed by atoms with Crippen molar-refractivity contribution in [2.24, 2.45) is 0 Å². The lowest BCUT2D eigenvalue weighted by Crippen LogP contribution is -2.19. The van der Waals surface area contributed by atoms with Crippen LogP contribution in [0.3, 0.4) is 0 Å². The van der Waals surface area contributed by atoms with E-state index in [1.54, 1.807) is 30.3 Å². The van der Waals surface area contributed by atoms with Crippen molar-refractivity contribution in [3.8, 4) is 0 Å². The normalized spacial score (nSPS) is 9.95. The van der Waals surface area contributed by atoms with Gasteiger partial charge in [0.15, 0.2) is 0 Å². The van der Waals surface area contributed by atoms with Crippen molar-refractivity contribution < 1.29 is 14.7 Å². The number of carbonyl (C=O) groups excluding carboxylic acids is 1. The number of urea groups is 1. The smallest absolute Gasteiger partial charge is 0.323 e. The molecule has 0 saturated carbocycles. The summed E-state index contributed by atoms with van der Waals surface area (Å²) in [5, 5.41) is 14.2. The Morgan fingerprint density at radius 2 is 1.76 bits per heavy atom. The van der Waals surface area contributed by atoms with Crippen molar-refractivity contribution in [1.82, 2.24) is 4.98 Å². The van der Waals surface area contributed by atoms with Gasteiger partial charge in [-0.05, 0) is 29.8 Å². The van der Waals surface area contributed by atoms with E-state index in [4.69, 9.17) is 16.7 Å². The lowest BCUT2D eigenvalue weighted by atomic mass is 10.1. The topological polar surface area (TPSA) is 91.3 Å². The molecule has 2 amide bonds. The van der Waals surface area contributed by atoms with Crippen LogP contribution < -0.4 is 10.6 Å². The molecule has 0 fully saturated rings. The molecule has 2 aromatic rings. The maximum absolute atomic E-state index is 11.8. The highest BCUT2D eigenvalue weighted by atomic mass is 35.5. The summed E-state index contributed by atoms with van der Waals surface area (Å²) in [7, 11) is 0. The summed E-state index contributed by atoms with van der Waals surface area (Å²) in [5.74, 6) is -0.900. The molecule has 0 aliphatic carbocycles. The van der Waals surface area contributed by atoms with Crippen LogP contribution in [0.25, 0.3) is 0 Å². The van der Waals surface area contributed by atoms with Crippen molar-refractivity contribution in [3.05, 3.63) is 53.3 Å². The molecule has 21 heavy (non-hydrogen) atoms. The Labute approximate surface area is 125 Å². The first kappa shape index (κ1) is 14.8. The molecule has 0 radical (unpaired) electrons. The van der Waals surface area contributed by atoms with Crippen LogP contribution in [0, 0.1) is 0 Å². The number of nitrogens with one attached hydrogen (secondary N) is 2. The minimum atomic E-state index is -0.900. The Hall–Kier alpha value is -2.60. The SMILES string of the molecule is O=C(O)Cc1ccc(NC(=O)Nc2ccnc(Cl)c2)cc1. The van der Waals surface area contributed by atoms with E-state index in [0.29, 0.717) is 16.9 Å². The summed E-state index contributed by atoms with van der Waals surface area (Å²) in [6, 6.07) is 9.27. The molecule has 108 valence electrons. The summed E-state index contributed by atoms with van der Waals surface area (Å²) in [6.45, 7) is 0. The van der Waals surface area contributed by atoms with E-state index < -0.39 is 12.0 Å². The molecule has 0 bridgehead atoms. The van der Waals surface area contributed by atoms with Gasteiger partial charge in [0.1, 0.15) is 5.15 Å². The van der Waals surface area contributed by atoms with Crippen LogP contribution in [0.5, 0.6) is 0 Å². The molecule has 3 N–H and O–H groups in total. The van der Waals surface area contributed by atoms with Gasteiger partial charge in [-0.2, -0.15) is 0 Å². The van der Waals surface area contributed by atoms with Gasteiger partial charge >= 0.3 is 12.0 Å². The first-order chi connectivity index (χ1) is 10.0. The third-order valence-electron chi connectivity index (χ3n) is 2.55. The van der Waals surface area contributed by atoms with Gasteiger partial charge in [0, 0.05) is 17.6 Å². The average Bonchev–Trinajstić information content (AvgIpc) is 2.40. The third kappa shape index (κ3) is 4.77. The lowest BCUT2D eigenvalue weighted by Gasteiger charge is -2.08. The van der Waals surface area contributed by atoms with Crippen molar-refractivity contribution in [2.75, 3.05) is 10.6 Å². The Morgan fingerprint density at radius 3 is 2.38 bits per heavy atom. The average molecular weight is 306 g/mol. The Balaban J connectivity index is 1.95. The van der Waals surface area contributed by atoms with Crippen LogP contribution in [-0.2, 0) is 11.2 Å². The number of nitrogens with zero attached hydrogens (tertiary/aromatic N) is 1. The number of rotatable bonds is 4. The second-order valence-electron chi connectivity index (χ2n) is 4.21. The van der Waals surface area contributed by atoms with Crippen LogP contribution >= 0.6 is 11.6 Å². The monoisotopic (exact) mass is 305 g/mol. The fraction of sp³-hybridized carbons (Fsp3) is 0.0714. The number of anilines is 2. The van der Waals surface area contributed by atoms with Crippen molar-refractivity contribution >= 4 is 35.0 Å². The van der Waals surface area contributed by atoms with Gasteiger partial charge in [-0.3, -0.25) is 4.79 Å². The number of carboxylic acid groups (broad SMARTS) is 1. The second-order valence-corrected chi connectivity index (χ2v) is 4.60. The number of hydrogen-bond donors (Lipinski definition) is 3. The number of amides is 2. The molecule has 0 spiro atoms. The Bertz CT molecular complexity index is 659. The summed E-state index contributed by atoms with van der Waals surface area (Å²) in [6.07, 6.45) is 1.43. The first-order valence-corrected chi connectivity index (χ1v) is 6.41. The van der Waals surface area contributed by atoms with E-state index in [1.165, 1.54) is 12.3 Å². The lowest BCUT2D eigenvalue weighted by molar-refractivity contribution is -0.136. The third-order valence-corrected chi connectivity index (χ3v) is 2.76. The van der Waals surface area contributed by atoms with E-state index in [2.05, 4.69) is 15.6 Å². The standard InChI is InChI=1S/C14H12ClN3O3/c15-12-8-11(5-6-16-12)18-14(21)17-10-3-1-9(2-4-10)7-13(19)20/h1-6,8H,7H2,(H,19,20)(H2,16,17,18,21). The van der Waals surface area contributed by atoms with Gasteiger partial charge in [0.2, 0.25) is 0 Å². The number of carboxylic acids is 1. The van der Waals surface area contributed by atoms with Crippen LogP contribution in [0.15, 0.2) is 42.6 Å². The zero-order chi connectivity index (χ0) is 15.2. The van der Waals surface area contributed by atoms with Gasteiger partial charge in [0.25, 0.3) is 0 Å². The zero-order valence-corrected chi connectivity index (χ0v) is 11.6. The molecule has 0 aliphatic rings. The van der Waals surface area contributed by atoms with Crippen LogP contribution in [-0.4, -0.2) is 22.1 Å².